The maximum absolute atomic E-state index is 12.0. The van der Waals surface area contributed by atoms with Crippen LogP contribution in [0.4, 0.5) is 0 Å². The average Bonchev–Trinajstić information content (AvgIpc) is 3.38. The van der Waals surface area contributed by atoms with Gasteiger partial charge in [0, 0.05) is 28.9 Å². The fourth-order valence-corrected chi connectivity index (χ4v) is 3.46. The Morgan fingerprint density at radius 2 is 2.16 bits per heavy atom. The van der Waals surface area contributed by atoms with Gasteiger partial charge in [-0.3, -0.25) is 4.79 Å². The Labute approximate surface area is 148 Å². The summed E-state index contributed by atoms with van der Waals surface area (Å²) in [6.07, 6.45) is 4.56. The number of nitrogens with zero attached hydrogens (tertiary/aromatic N) is 1. The number of carbonyl (C=O) groups is 1. The fraction of sp³-hybridized carbons (Fsp3) is 0.158. The van der Waals surface area contributed by atoms with Crippen molar-refractivity contribution in [2.45, 2.75) is 19.4 Å². The van der Waals surface area contributed by atoms with Crippen LogP contribution in [-0.2, 0) is 22.6 Å². The third kappa shape index (κ3) is 3.49. The minimum atomic E-state index is -0.224. The van der Waals surface area contributed by atoms with Crippen molar-refractivity contribution in [3.8, 4) is 10.8 Å². The fourth-order valence-electron chi connectivity index (χ4n) is 2.69. The summed E-state index contributed by atoms with van der Waals surface area (Å²) in [6, 6.07) is 11.7. The molecule has 6 heteroatoms. The van der Waals surface area contributed by atoms with Gasteiger partial charge in [0.1, 0.15) is 6.61 Å². The maximum atomic E-state index is 12.0. The summed E-state index contributed by atoms with van der Waals surface area (Å²) >= 11 is 1.47. The molecule has 0 saturated carbocycles. The molecule has 0 spiro atoms. The second-order valence-corrected chi connectivity index (χ2v) is 6.50. The van der Waals surface area contributed by atoms with E-state index in [4.69, 9.17) is 9.15 Å². The summed E-state index contributed by atoms with van der Waals surface area (Å²) in [5, 5.41) is 3.82. The number of para-hydroxylation sites is 1. The molecule has 0 fully saturated rings. The van der Waals surface area contributed by atoms with Gasteiger partial charge in [-0.2, -0.15) is 0 Å². The molecule has 0 aliphatic carbocycles. The lowest BCUT2D eigenvalue weighted by atomic mass is 10.1. The number of carbonyl (C=O) groups excluding carboxylic acids is 1. The molecule has 0 aliphatic rings. The van der Waals surface area contributed by atoms with Crippen molar-refractivity contribution in [2.24, 2.45) is 0 Å². The largest absolute Gasteiger partial charge is 0.462 e. The summed E-state index contributed by atoms with van der Waals surface area (Å²) in [5.74, 6) is 0.500. The lowest BCUT2D eigenvalue weighted by Crippen LogP contribution is -2.06. The first-order valence-electron chi connectivity index (χ1n) is 7.98. The molecule has 4 aromatic rings. The predicted molar refractivity (Wildman–Crippen MR) is 96.2 cm³/mol. The van der Waals surface area contributed by atoms with Crippen molar-refractivity contribution in [1.82, 2.24) is 9.97 Å². The van der Waals surface area contributed by atoms with Crippen molar-refractivity contribution < 1.29 is 13.9 Å². The first-order chi connectivity index (χ1) is 12.3. The summed E-state index contributed by atoms with van der Waals surface area (Å²) in [7, 11) is 0. The molecule has 0 saturated heterocycles. The molecule has 0 bridgehead atoms. The van der Waals surface area contributed by atoms with Gasteiger partial charge in [-0.15, -0.1) is 11.3 Å². The highest BCUT2D eigenvalue weighted by molar-refractivity contribution is 7.13. The lowest BCUT2D eigenvalue weighted by molar-refractivity contribution is -0.145. The monoisotopic (exact) mass is 352 g/mol. The van der Waals surface area contributed by atoms with Gasteiger partial charge in [-0.25, -0.2) is 4.98 Å². The number of hydrogen-bond donors (Lipinski definition) is 1. The zero-order chi connectivity index (χ0) is 17.1. The quantitative estimate of drug-likeness (QED) is 0.517. The van der Waals surface area contributed by atoms with Gasteiger partial charge < -0.3 is 14.1 Å². The zero-order valence-corrected chi connectivity index (χ0v) is 14.2. The van der Waals surface area contributed by atoms with E-state index in [1.165, 1.54) is 11.3 Å². The summed E-state index contributed by atoms with van der Waals surface area (Å²) in [4.78, 5) is 19.6. The smallest absolute Gasteiger partial charge is 0.306 e. The van der Waals surface area contributed by atoms with E-state index < -0.39 is 0 Å². The van der Waals surface area contributed by atoms with Crippen LogP contribution < -0.4 is 0 Å². The highest BCUT2D eigenvalue weighted by Gasteiger charge is 2.11. The second kappa shape index (κ2) is 6.94. The molecule has 1 N–H and O–H groups in total. The van der Waals surface area contributed by atoms with Crippen molar-refractivity contribution >= 4 is 28.2 Å². The van der Waals surface area contributed by atoms with Crippen LogP contribution in [0.3, 0.4) is 0 Å². The van der Waals surface area contributed by atoms with Crippen LogP contribution in [0.25, 0.3) is 21.7 Å². The van der Waals surface area contributed by atoms with Crippen molar-refractivity contribution in [3.63, 3.8) is 0 Å². The van der Waals surface area contributed by atoms with E-state index in [-0.39, 0.29) is 12.6 Å². The standard InChI is InChI=1S/C19H16N2O3S/c22-18(8-7-13-10-20-16-5-2-1-4-15(13)16)24-11-14-12-25-19(21-14)17-6-3-9-23-17/h1-6,9-10,12,20H,7-8,11H2. The number of aromatic nitrogens is 2. The third-order valence-corrected chi connectivity index (χ3v) is 4.84. The molecule has 0 radical (unpaired) electrons. The van der Waals surface area contributed by atoms with Crippen LogP contribution in [0.15, 0.2) is 58.7 Å². The molecule has 0 amide bonds. The van der Waals surface area contributed by atoms with Crippen molar-refractivity contribution in [3.05, 3.63) is 65.5 Å². The molecule has 3 aromatic heterocycles. The first-order valence-corrected chi connectivity index (χ1v) is 8.86. The number of benzene rings is 1. The molecule has 5 nitrogen and oxygen atoms in total. The van der Waals surface area contributed by atoms with Gasteiger partial charge in [-0.05, 0) is 30.2 Å². The SMILES string of the molecule is O=C(CCc1c[nH]c2ccccc12)OCc1csc(-c2ccco2)n1. The van der Waals surface area contributed by atoms with E-state index >= 15 is 0 Å². The topological polar surface area (TPSA) is 68.1 Å². The summed E-state index contributed by atoms with van der Waals surface area (Å²) in [5.41, 5.74) is 2.94. The molecule has 25 heavy (non-hydrogen) atoms. The number of rotatable bonds is 6. The summed E-state index contributed by atoms with van der Waals surface area (Å²) < 4.78 is 10.6. The normalized spacial score (nSPS) is 11.0. The van der Waals surface area contributed by atoms with E-state index in [0.717, 1.165) is 32.9 Å². The number of aromatic amines is 1. The Kier molecular flexibility index (Phi) is 4.35. The predicted octanol–water partition coefficient (Wildman–Crippen LogP) is 4.56. The molecule has 0 atom stereocenters. The highest BCUT2D eigenvalue weighted by Crippen LogP contribution is 2.24. The van der Waals surface area contributed by atoms with Crippen molar-refractivity contribution in [1.29, 1.82) is 0 Å². The highest BCUT2D eigenvalue weighted by atomic mass is 32.1. The van der Waals surface area contributed by atoms with E-state index in [2.05, 4.69) is 16.0 Å². The Bertz CT molecular complexity index is 985. The molecule has 4 rings (SSSR count). The van der Waals surface area contributed by atoms with Gasteiger partial charge in [0.15, 0.2) is 10.8 Å². The van der Waals surface area contributed by atoms with Gasteiger partial charge in [0.25, 0.3) is 0 Å². The first kappa shape index (κ1) is 15.7. The van der Waals surface area contributed by atoms with Crippen molar-refractivity contribution in [2.75, 3.05) is 0 Å². The molecule has 126 valence electrons. The van der Waals surface area contributed by atoms with E-state index in [9.17, 15) is 4.79 Å². The van der Waals surface area contributed by atoms with Gasteiger partial charge >= 0.3 is 5.97 Å². The Hall–Kier alpha value is -2.86. The molecule has 3 heterocycles. The molecular formula is C19H16N2O3S. The van der Waals surface area contributed by atoms with Gasteiger partial charge in [0.2, 0.25) is 0 Å². The van der Waals surface area contributed by atoms with Crippen LogP contribution in [-0.4, -0.2) is 15.9 Å². The van der Waals surface area contributed by atoms with Gasteiger partial charge in [-0.1, -0.05) is 18.2 Å². The molecule has 0 aliphatic heterocycles. The van der Waals surface area contributed by atoms with E-state index in [1.54, 1.807) is 6.26 Å². The number of fused-ring (bicyclic) bond motifs is 1. The second-order valence-electron chi connectivity index (χ2n) is 5.64. The minimum Gasteiger partial charge on any atom is -0.462 e. The average molecular weight is 352 g/mol. The Morgan fingerprint density at radius 1 is 1.24 bits per heavy atom. The minimum absolute atomic E-state index is 0.184. The molecule has 1 aromatic carbocycles. The summed E-state index contributed by atoms with van der Waals surface area (Å²) in [6.45, 7) is 0.184. The number of hydrogen-bond acceptors (Lipinski definition) is 5. The number of furan rings is 1. The van der Waals surface area contributed by atoms with E-state index in [1.807, 2.05) is 41.9 Å². The maximum Gasteiger partial charge on any atom is 0.306 e. The van der Waals surface area contributed by atoms with Crippen LogP contribution >= 0.6 is 11.3 Å². The number of H-pyrrole nitrogens is 1. The Morgan fingerprint density at radius 3 is 3.04 bits per heavy atom. The molecule has 0 unspecified atom stereocenters. The zero-order valence-electron chi connectivity index (χ0n) is 13.4. The van der Waals surface area contributed by atoms with Gasteiger partial charge in [0.05, 0.1) is 12.0 Å². The number of thiazole rings is 1. The van der Waals surface area contributed by atoms with Crippen LogP contribution in [0.2, 0.25) is 0 Å². The number of nitrogens with one attached hydrogen (secondary N) is 1. The Balaban J connectivity index is 1.31. The van der Waals surface area contributed by atoms with Crippen LogP contribution in [0.1, 0.15) is 17.7 Å². The number of aryl methyl sites for hydroxylation is 1. The molecular weight excluding hydrogens is 336 g/mol. The lowest BCUT2D eigenvalue weighted by Gasteiger charge is -2.02. The number of ether oxygens (including phenoxy) is 1. The van der Waals surface area contributed by atoms with Crippen LogP contribution in [0, 0.1) is 0 Å². The van der Waals surface area contributed by atoms with E-state index in [0.29, 0.717) is 12.8 Å². The number of esters is 1. The van der Waals surface area contributed by atoms with Crippen LogP contribution in [0.5, 0.6) is 0 Å². The third-order valence-electron chi connectivity index (χ3n) is 3.94.